The number of nitrogens with one attached hydrogen (secondary N) is 1. The van der Waals surface area contributed by atoms with Gasteiger partial charge in [0.25, 0.3) is 5.91 Å². The van der Waals surface area contributed by atoms with Crippen molar-refractivity contribution in [2.45, 2.75) is 57.2 Å². The molecule has 2 fully saturated rings. The normalized spacial score (nSPS) is 19.1. The van der Waals surface area contributed by atoms with Crippen molar-refractivity contribution in [2.24, 2.45) is 5.92 Å². The topological polar surface area (TPSA) is 58.6 Å². The summed E-state index contributed by atoms with van der Waals surface area (Å²) in [6.45, 7) is 0.696. The largest absolute Gasteiger partial charge is 0.484 e. The Labute approximate surface area is 168 Å². The number of amides is 2. The van der Waals surface area contributed by atoms with Gasteiger partial charge in [-0.05, 0) is 43.9 Å². The molecule has 0 aromatic heterocycles. The summed E-state index contributed by atoms with van der Waals surface area (Å²) >= 11 is 0. The summed E-state index contributed by atoms with van der Waals surface area (Å²) in [5, 5.41) is 3.11. The zero-order valence-electron chi connectivity index (χ0n) is 16.3. The molecular weight excluding hydrogens is 385 g/mol. The Morgan fingerprint density at radius 2 is 1.76 bits per heavy atom. The number of alkyl halides is 3. The quantitative estimate of drug-likeness (QED) is 0.801. The molecule has 29 heavy (non-hydrogen) atoms. The van der Waals surface area contributed by atoms with Gasteiger partial charge in [0.05, 0.1) is 5.56 Å². The van der Waals surface area contributed by atoms with E-state index in [0.717, 1.165) is 37.8 Å². The number of piperidine rings is 1. The lowest BCUT2D eigenvalue weighted by Crippen LogP contribution is -2.48. The summed E-state index contributed by atoms with van der Waals surface area (Å²) in [6.07, 6.45) is 2.22. The van der Waals surface area contributed by atoms with Gasteiger partial charge in [0.1, 0.15) is 5.75 Å². The molecule has 1 aromatic carbocycles. The molecule has 1 aromatic rings. The van der Waals surface area contributed by atoms with Crippen molar-refractivity contribution in [1.82, 2.24) is 10.2 Å². The molecule has 2 amide bonds. The van der Waals surface area contributed by atoms with Crippen LogP contribution in [0.15, 0.2) is 24.3 Å². The number of hydrogen-bond donors (Lipinski definition) is 1. The summed E-state index contributed by atoms with van der Waals surface area (Å²) in [4.78, 5) is 26.3. The van der Waals surface area contributed by atoms with E-state index in [1.165, 1.54) is 18.6 Å². The number of carbonyl (C=O) groups excluding carboxylic acids is 2. The zero-order valence-corrected chi connectivity index (χ0v) is 16.3. The third-order valence-electron chi connectivity index (χ3n) is 5.69. The van der Waals surface area contributed by atoms with Crippen molar-refractivity contribution in [3.63, 3.8) is 0 Å². The number of carbonyl (C=O) groups is 2. The van der Waals surface area contributed by atoms with Crippen LogP contribution >= 0.6 is 0 Å². The first-order chi connectivity index (χ1) is 13.8. The lowest BCUT2D eigenvalue weighted by Gasteiger charge is -2.33. The summed E-state index contributed by atoms with van der Waals surface area (Å²) < 4.78 is 43.5. The van der Waals surface area contributed by atoms with E-state index < -0.39 is 11.7 Å². The molecule has 1 N–H and O–H groups in total. The van der Waals surface area contributed by atoms with Crippen LogP contribution in [0.2, 0.25) is 0 Å². The van der Waals surface area contributed by atoms with Gasteiger partial charge in [-0.1, -0.05) is 25.3 Å². The van der Waals surface area contributed by atoms with Gasteiger partial charge in [0.15, 0.2) is 6.61 Å². The molecule has 2 aliphatic rings. The molecule has 1 heterocycles. The van der Waals surface area contributed by atoms with Crippen molar-refractivity contribution < 1.29 is 27.5 Å². The molecule has 160 valence electrons. The predicted octanol–water partition coefficient (Wildman–Crippen LogP) is 3.77. The Morgan fingerprint density at radius 1 is 1.07 bits per heavy atom. The molecule has 0 atom stereocenters. The fourth-order valence-corrected chi connectivity index (χ4v) is 3.96. The Bertz CT molecular complexity index is 709. The fourth-order valence-electron chi connectivity index (χ4n) is 3.96. The van der Waals surface area contributed by atoms with Crippen LogP contribution in [0.5, 0.6) is 5.75 Å². The Kier molecular flexibility index (Phi) is 7.03. The van der Waals surface area contributed by atoms with E-state index in [-0.39, 0.29) is 36.1 Å². The van der Waals surface area contributed by atoms with Crippen LogP contribution in [0.4, 0.5) is 13.2 Å². The Balaban J connectivity index is 1.41. The van der Waals surface area contributed by atoms with E-state index in [9.17, 15) is 22.8 Å². The fraction of sp³-hybridized carbons (Fsp3) is 0.619. The van der Waals surface area contributed by atoms with Crippen LogP contribution in [-0.4, -0.2) is 42.5 Å². The van der Waals surface area contributed by atoms with Crippen LogP contribution in [-0.2, 0) is 15.8 Å². The van der Waals surface area contributed by atoms with Gasteiger partial charge in [0, 0.05) is 25.0 Å². The second-order valence-electron chi connectivity index (χ2n) is 7.81. The molecule has 1 aliphatic heterocycles. The standard InChI is InChI=1S/C21H27F3N2O3/c22-21(23,24)16-7-4-8-18(13-16)29-14-19(27)26-11-9-17(10-12-26)25-20(28)15-5-2-1-3-6-15/h4,7-8,13,15,17H,1-3,5-6,9-12,14H2,(H,25,28). The second-order valence-corrected chi connectivity index (χ2v) is 7.81. The van der Waals surface area contributed by atoms with Crippen LogP contribution in [0, 0.1) is 5.92 Å². The van der Waals surface area contributed by atoms with Gasteiger partial charge in [-0.3, -0.25) is 9.59 Å². The highest BCUT2D eigenvalue weighted by atomic mass is 19.4. The van der Waals surface area contributed by atoms with E-state index in [0.29, 0.717) is 25.9 Å². The van der Waals surface area contributed by atoms with E-state index in [1.54, 1.807) is 4.90 Å². The van der Waals surface area contributed by atoms with E-state index >= 15 is 0 Å². The molecule has 0 radical (unpaired) electrons. The van der Waals surface area contributed by atoms with Crippen LogP contribution < -0.4 is 10.1 Å². The number of nitrogens with zero attached hydrogens (tertiary/aromatic N) is 1. The predicted molar refractivity (Wildman–Crippen MR) is 101 cm³/mol. The number of benzene rings is 1. The number of rotatable bonds is 5. The lowest BCUT2D eigenvalue weighted by molar-refractivity contribution is -0.137. The number of likely N-dealkylation sites (tertiary alicyclic amines) is 1. The molecule has 5 nitrogen and oxygen atoms in total. The van der Waals surface area contributed by atoms with Gasteiger partial charge in [-0.15, -0.1) is 0 Å². The maximum Gasteiger partial charge on any atom is 0.416 e. The highest BCUT2D eigenvalue weighted by molar-refractivity contribution is 5.79. The minimum absolute atomic E-state index is 0.0165. The second kappa shape index (κ2) is 9.50. The van der Waals surface area contributed by atoms with E-state index in [2.05, 4.69) is 5.32 Å². The molecular formula is C21H27F3N2O3. The zero-order chi connectivity index (χ0) is 20.9. The minimum Gasteiger partial charge on any atom is -0.484 e. The molecule has 1 aliphatic carbocycles. The molecule has 1 saturated carbocycles. The van der Waals surface area contributed by atoms with Crippen molar-refractivity contribution in [3.05, 3.63) is 29.8 Å². The van der Waals surface area contributed by atoms with Crippen molar-refractivity contribution in [1.29, 1.82) is 0 Å². The van der Waals surface area contributed by atoms with Gasteiger partial charge >= 0.3 is 6.18 Å². The maximum absolute atomic E-state index is 12.7. The molecule has 8 heteroatoms. The third kappa shape index (κ3) is 6.11. The SMILES string of the molecule is O=C(NC1CCN(C(=O)COc2cccc(C(F)(F)F)c2)CC1)C1CCCCC1. The summed E-state index contributed by atoms with van der Waals surface area (Å²) in [5.74, 6) is -0.00564. The first kappa shape index (κ1) is 21.5. The van der Waals surface area contributed by atoms with Crippen molar-refractivity contribution in [2.75, 3.05) is 19.7 Å². The van der Waals surface area contributed by atoms with Crippen molar-refractivity contribution >= 4 is 11.8 Å². The Hall–Kier alpha value is -2.25. The van der Waals surface area contributed by atoms with E-state index in [1.807, 2.05) is 0 Å². The molecule has 0 bridgehead atoms. The average Bonchev–Trinajstić information content (AvgIpc) is 2.73. The monoisotopic (exact) mass is 412 g/mol. The number of ether oxygens (including phenoxy) is 1. The average molecular weight is 412 g/mol. The smallest absolute Gasteiger partial charge is 0.416 e. The molecule has 0 unspecified atom stereocenters. The van der Waals surface area contributed by atoms with Gasteiger partial charge in [-0.25, -0.2) is 0 Å². The van der Waals surface area contributed by atoms with Crippen LogP contribution in [0.1, 0.15) is 50.5 Å². The molecule has 1 saturated heterocycles. The van der Waals surface area contributed by atoms with Gasteiger partial charge in [-0.2, -0.15) is 13.2 Å². The van der Waals surface area contributed by atoms with Crippen LogP contribution in [0.25, 0.3) is 0 Å². The minimum atomic E-state index is -4.45. The highest BCUT2D eigenvalue weighted by Gasteiger charge is 2.31. The van der Waals surface area contributed by atoms with Crippen molar-refractivity contribution in [3.8, 4) is 5.75 Å². The van der Waals surface area contributed by atoms with Gasteiger partial charge < -0.3 is 15.0 Å². The first-order valence-corrected chi connectivity index (χ1v) is 10.2. The highest BCUT2D eigenvalue weighted by Crippen LogP contribution is 2.31. The lowest BCUT2D eigenvalue weighted by atomic mass is 9.88. The molecule has 0 spiro atoms. The summed E-state index contributed by atoms with van der Waals surface area (Å²) in [5.41, 5.74) is -0.808. The number of hydrogen-bond acceptors (Lipinski definition) is 3. The third-order valence-corrected chi connectivity index (χ3v) is 5.69. The van der Waals surface area contributed by atoms with E-state index in [4.69, 9.17) is 4.74 Å². The molecule has 3 rings (SSSR count). The van der Waals surface area contributed by atoms with Crippen LogP contribution in [0.3, 0.4) is 0 Å². The maximum atomic E-state index is 12.7. The first-order valence-electron chi connectivity index (χ1n) is 10.2. The number of halogens is 3. The summed E-state index contributed by atoms with van der Waals surface area (Å²) in [6, 6.07) is 4.57. The Morgan fingerprint density at radius 3 is 2.41 bits per heavy atom. The summed E-state index contributed by atoms with van der Waals surface area (Å²) in [7, 11) is 0. The van der Waals surface area contributed by atoms with Gasteiger partial charge in [0.2, 0.25) is 5.91 Å².